The maximum Gasteiger partial charge on any atom is 0.270 e. The van der Waals surface area contributed by atoms with Crippen molar-refractivity contribution in [1.82, 2.24) is 9.47 Å². The van der Waals surface area contributed by atoms with E-state index in [-0.39, 0.29) is 17.0 Å². The Bertz CT molecular complexity index is 1070. The lowest BCUT2D eigenvalue weighted by atomic mass is 10.0. The van der Waals surface area contributed by atoms with E-state index in [0.717, 1.165) is 37.1 Å². The van der Waals surface area contributed by atoms with Crippen LogP contribution in [0.2, 0.25) is 0 Å². The Morgan fingerprint density at radius 2 is 1.74 bits per heavy atom. The number of anilines is 1. The van der Waals surface area contributed by atoms with Crippen LogP contribution < -0.4 is 10.5 Å². The third kappa shape index (κ3) is 6.35. The number of aromatic nitrogens is 1. The van der Waals surface area contributed by atoms with Gasteiger partial charge in [-0.2, -0.15) is 5.26 Å². The van der Waals surface area contributed by atoms with Crippen molar-refractivity contribution in [2.75, 3.05) is 37.7 Å². The zero-order valence-corrected chi connectivity index (χ0v) is 22.7. The molecular formula is C26H36N4O3S2. The largest absolute Gasteiger partial charge is 0.378 e. The van der Waals surface area contributed by atoms with Gasteiger partial charge in [-0.15, -0.1) is 0 Å². The number of carbonyl (C=O) groups excluding carboxylic acids is 1. The van der Waals surface area contributed by atoms with Gasteiger partial charge in [-0.3, -0.25) is 19.1 Å². The third-order valence-corrected chi connectivity index (χ3v) is 7.90. The molecule has 0 saturated carbocycles. The van der Waals surface area contributed by atoms with E-state index in [0.29, 0.717) is 54.2 Å². The number of thioether (sulfide) groups is 1. The van der Waals surface area contributed by atoms with Gasteiger partial charge in [0.05, 0.1) is 18.1 Å². The first-order chi connectivity index (χ1) is 16.9. The molecule has 2 aliphatic rings. The minimum Gasteiger partial charge on any atom is -0.378 e. The summed E-state index contributed by atoms with van der Waals surface area (Å²) < 4.78 is 7.84. The minimum atomic E-state index is -0.267. The maximum absolute atomic E-state index is 13.3. The number of thiocarbonyl (C=S) groups is 1. The van der Waals surface area contributed by atoms with Crippen molar-refractivity contribution in [2.24, 2.45) is 0 Å². The number of unbranched alkanes of at least 4 members (excludes halogenated alkanes) is 5. The molecule has 0 bridgehead atoms. The van der Waals surface area contributed by atoms with Gasteiger partial charge >= 0.3 is 0 Å². The molecule has 3 rings (SSSR count). The summed E-state index contributed by atoms with van der Waals surface area (Å²) in [5.74, 6) is 0.681. The fourth-order valence-electron chi connectivity index (χ4n) is 4.48. The summed E-state index contributed by atoms with van der Waals surface area (Å²) >= 11 is 6.85. The topological polar surface area (TPSA) is 78.6 Å². The Labute approximate surface area is 218 Å². The van der Waals surface area contributed by atoms with Crippen LogP contribution in [0.3, 0.4) is 0 Å². The first-order valence-corrected chi connectivity index (χ1v) is 13.9. The van der Waals surface area contributed by atoms with E-state index < -0.39 is 0 Å². The zero-order valence-electron chi connectivity index (χ0n) is 21.1. The van der Waals surface area contributed by atoms with Gasteiger partial charge in [0.25, 0.3) is 11.5 Å². The van der Waals surface area contributed by atoms with Gasteiger partial charge in [-0.05, 0) is 31.4 Å². The molecule has 2 fully saturated rings. The van der Waals surface area contributed by atoms with Crippen LogP contribution in [-0.4, -0.2) is 52.5 Å². The number of nitriles is 1. The summed E-state index contributed by atoms with van der Waals surface area (Å²) in [6.07, 6.45) is 9.16. The maximum atomic E-state index is 13.3. The summed E-state index contributed by atoms with van der Waals surface area (Å²) in [6, 6.07) is 2.12. The Kier molecular flexibility index (Phi) is 10.4. The molecule has 0 spiro atoms. The quantitative estimate of drug-likeness (QED) is 0.237. The molecule has 1 amide bonds. The second kappa shape index (κ2) is 13.2. The molecule has 9 heteroatoms. The molecule has 190 valence electrons. The summed E-state index contributed by atoms with van der Waals surface area (Å²) in [5, 5.41) is 9.81. The number of amides is 1. The van der Waals surface area contributed by atoms with Crippen molar-refractivity contribution in [3.05, 3.63) is 31.9 Å². The zero-order chi connectivity index (χ0) is 25.4. The Morgan fingerprint density at radius 3 is 2.40 bits per heavy atom. The Hall–Kier alpha value is -2.15. The standard InChI is InChI=1S/C26H36N4O3S2/c1-4-6-8-9-10-12-30-25(32)22(35-26(30)34)17-20-19(3)21(18-27)24(31)29(11-7-5-2)23(20)28-13-15-33-16-14-28/h17H,4-16H2,1-3H3/b22-17-. The molecule has 0 unspecified atom stereocenters. The highest BCUT2D eigenvalue weighted by Crippen LogP contribution is 2.36. The minimum absolute atomic E-state index is 0.0902. The number of carbonyl (C=O) groups is 1. The second-order valence-corrected chi connectivity index (χ2v) is 10.7. The highest BCUT2D eigenvalue weighted by Gasteiger charge is 2.33. The van der Waals surface area contributed by atoms with E-state index >= 15 is 0 Å². The highest BCUT2D eigenvalue weighted by molar-refractivity contribution is 8.26. The van der Waals surface area contributed by atoms with Gasteiger partial charge in [0.2, 0.25) is 0 Å². The molecule has 2 saturated heterocycles. The second-order valence-electron chi connectivity index (χ2n) is 9.01. The van der Waals surface area contributed by atoms with E-state index in [9.17, 15) is 14.9 Å². The fourth-order valence-corrected chi connectivity index (χ4v) is 5.77. The average molecular weight is 517 g/mol. The SMILES string of the molecule is CCCCCCCN1C(=O)/C(=C/c2c(C)c(C#N)c(=O)n(CCCC)c2N2CCOCC2)SC1=S. The molecule has 0 atom stereocenters. The molecule has 0 N–H and O–H groups in total. The third-order valence-electron chi connectivity index (χ3n) is 6.53. The van der Waals surface area contributed by atoms with Crippen LogP contribution in [0.5, 0.6) is 0 Å². The van der Waals surface area contributed by atoms with Crippen molar-refractivity contribution in [1.29, 1.82) is 5.26 Å². The van der Waals surface area contributed by atoms with E-state index in [1.807, 2.05) is 6.08 Å². The lowest BCUT2D eigenvalue weighted by molar-refractivity contribution is -0.122. The Morgan fingerprint density at radius 1 is 1.06 bits per heavy atom. The first kappa shape index (κ1) is 27.4. The van der Waals surface area contributed by atoms with Crippen molar-refractivity contribution in [3.63, 3.8) is 0 Å². The fraction of sp³-hybridized carbons (Fsp3) is 0.615. The van der Waals surface area contributed by atoms with E-state index in [2.05, 4.69) is 24.8 Å². The van der Waals surface area contributed by atoms with Gasteiger partial charge in [0, 0.05) is 31.7 Å². The number of hydrogen-bond acceptors (Lipinski definition) is 7. The molecule has 0 radical (unpaired) electrons. The van der Waals surface area contributed by atoms with E-state index in [1.54, 1.807) is 16.4 Å². The van der Waals surface area contributed by atoms with Crippen LogP contribution in [0.1, 0.15) is 75.5 Å². The van der Waals surface area contributed by atoms with Crippen LogP contribution in [0, 0.1) is 18.3 Å². The van der Waals surface area contributed by atoms with Crippen LogP contribution in [0.15, 0.2) is 9.70 Å². The summed E-state index contributed by atoms with van der Waals surface area (Å²) in [7, 11) is 0. The van der Waals surface area contributed by atoms with Gasteiger partial charge < -0.3 is 9.64 Å². The molecule has 0 aromatic carbocycles. The summed E-state index contributed by atoms with van der Waals surface area (Å²) in [5.41, 5.74) is 1.23. The number of pyridine rings is 1. The van der Waals surface area contributed by atoms with Gasteiger partial charge in [-0.1, -0.05) is 69.9 Å². The van der Waals surface area contributed by atoms with Gasteiger partial charge in [-0.25, -0.2) is 0 Å². The predicted octanol–water partition coefficient (Wildman–Crippen LogP) is 4.84. The molecule has 2 aliphatic heterocycles. The number of morpholine rings is 1. The molecule has 1 aromatic rings. The number of nitrogens with zero attached hydrogens (tertiary/aromatic N) is 4. The van der Waals surface area contributed by atoms with Crippen LogP contribution in [0.25, 0.3) is 6.08 Å². The molecule has 7 nitrogen and oxygen atoms in total. The first-order valence-electron chi connectivity index (χ1n) is 12.7. The molecule has 35 heavy (non-hydrogen) atoms. The van der Waals surface area contributed by atoms with E-state index in [1.165, 1.54) is 31.0 Å². The van der Waals surface area contributed by atoms with Crippen molar-refractivity contribution >= 4 is 46.1 Å². The predicted molar refractivity (Wildman–Crippen MR) is 147 cm³/mol. The highest BCUT2D eigenvalue weighted by atomic mass is 32.2. The van der Waals surface area contributed by atoms with Crippen molar-refractivity contribution < 1.29 is 9.53 Å². The summed E-state index contributed by atoms with van der Waals surface area (Å²) in [6.45, 7) is 9.65. The normalized spacial score (nSPS) is 17.5. The smallest absolute Gasteiger partial charge is 0.270 e. The number of rotatable bonds is 11. The Balaban J connectivity index is 2.03. The van der Waals surface area contributed by atoms with Gasteiger partial charge in [0.1, 0.15) is 21.8 Å². The molecular weight excluding hydrogens is 480 g/mol. The molecule has 3 heterocycles. The van der Waals surface area contributed by atoms with Crippen LogP contribution >= 0.6 is 24.0 Å². The lowest BCUT2D eigenvalue weighted by Gasteiger charge is -2.33. The molecule has 0 aliphatic carbocycles. The van der Waals surface area contributed by atoms with E-state index in [4.69, 9.17) is 17.0 Å². The summed E-state index contributed by atoms with van der Waals surface area (Å²) in [4.78, 5) is 31.0. The monoisotopic (exact) mass is 516 g/mol. The van der Waals surface area contributed by atoms with Crippen LogP contribution in [0.4, 0.5) is 5.82 Å². The number of hydrogen-bond donors (Lipinski definition) is 0. The van der Waals surface area contributed by atoms with Crippen molar-refractivity contribution in [3.8, 4) is 6.07 Å². The van der Waals surface area contributed by atoms with Crippen LogP contribution in [-0.2, 0) is 16.1 Å². The lowest BCUT2D eigenvalue weighted by Crippen LogP contribution is -2.41. The average Bonchev–Trinajstić information content (AvgIpc) is 3.12. The van der Waals surface area contributed by atoms with Crippen molar-refractivity contribution in [2.45, 2.75) is 72.3 Å². The number of ether oxygens (including phenoxy) is 1. The van der Waals surface area contributed by atoms with Gasteiger partial charge in [0.15, 0.2) is 0 Å². The molecule has 1 aromatic heterocycles.